The van der Waals surface area contributed by atoms with Gasteiger partial charge in [0, 0.05) is 10.9 Å². The van der Waals surface area contributed by atoms with Crippen LogP contribution in [0.15, 0.2) is 36.7 Å². The molecule has 25 heavy (non-hydrogen) atoms. The number of nitrogens with zero attached hydrogens (tertiary/aromatic N) is 3. The predicted molar refractivity (Wildman–Crippen MR) is 101 cm³/mol. The summed E-state index contributed by atoms with van der Waals surface area (Å²) in [6, 6.07) is 12.1. The first-order chi connectivity index (χ1) is 12.2. The average molecular weight is 364 g/mol. The minimum absolute atomic E-state index is 0.349. The van der Waals surface area contributed by atoms with Crippen molar-refractivity contribution in [2.45, 2.75) is 6.92 Å². The predicted octanol–water partition coefficient (Wildman–Crippen LogP) is 4.84. The molecule has 0 amide bonds. The highest BCUT2D eigenvalue weighted by molar-refractivity contribution is 7.71. The Bertz CT molecular complexity index is 1190. The molecule has 3 aromatic heterocycles. The molecule has 3 heterocycles. The largest absolute Gasteiger partial charge is 0.477 e. The number of ether oxygens (including phenoxy) is 1. The second-order valence-corrected chi connectivity index (χ2v) is 6.66. The zero-order valence-corrected chi connectivity index (χ0v) is 14.9. The molecule has 4 rings (SSSR count). The highest BCUT2D eigenvalue weighted by Gasteiger charge is 2.22. The van der Waals surface area contributed by atoms with E-state index < -0.39 is 0 Å². The number of benzene rings is 1. The van der Waals surface area contributed by atoms with E-state index in [4.69, 9.17) is 17.0 Å². The Balaban J connectivity index is 2.25. The first kappa shape index (κ1) is 15.7. The summed E-state index contributed by atoms with van der Waals surface area (Å²) in [4.78, 5) is 12.7. The molecule has 0 aliphatic heterocycles. The maximum absolute atomic E-state index is 9.80. The number of fused-ring (bicyclic) bond motifs is 3. The fourth-order valence-electron chi connectivity index (χ4n) is 2.85. The summed E-state index contributed by atoms with van der Waals surface area (Å²) >= 11 is 6.81. The second-order valence-electron chi connectivity index (χ2n) is 5.27. The number of H-pyrrole nitrogens is 1. The lowest BCUT2D eigenvalue weighted by Crippen LogP contribution is -2.00. The van der Waals surface area contributed by atoms with Crippen LogP contribution in [0.25, 0.3) is 31.6 Å². The minimum Gasteiger partial charge on any atom is -0.477 e. The van der Waals surface area contributed by atoms with Gasteiger partial charge in [-0.25, -0.2) is 9.97 Å². The molecule has 0 aliphatic carbocycles. The smallest absolute Gasteiger partial charge is 0.233 e. The number of pyridine rings is 1. The summed E-state index contributed by atoms with van der Waals surface area (Å²) in [5, 5.41) is 10.7. The van der Waals surface area contributed by atoms with Crippen LogP contribution < -0.4 is 4.74 Å². The van der Waals surface area contributed by atoms with Crippen LogP contribution in [0.3, 0.4) is 0 Å². The number of thiophene rings is 1. The third kappa shape index (κ3) is 2.47. The van der Waals surface area contributed by atoms with E-state index in [9.17, 15) is 5.26 Å². The van der Waals surface area contributed by atoms with Gasteiger partial charge in [-0.05, 0) is 12.5 Å². The van der Waals surface area contributed by atoms with E-state index in [1.54, 1.807) is 6.33 Å². The van der Waals surface area contributed by atoms with Crippen molar-refractivity contribution in [2.24, 2.45) is 0 Å². The molecule has 0 bridgehead atoms. The normalized spacial score (nSPS) is 10.9. The molecule has 0 radical (unpaired) electrons. The average Bonchev–Trinajstić information content (AvgIpc) is 3.01. The molecule has 1 N–H and O–H groups in total. The van der Waals surface area contributed by atoms with Gasteiger partial charge in [0.25, 0.3) is 0 Å². The Labute approximate surface area is 152 Å². The van der Waals surface area contributed by atoms with Crippen molar-refractivity contribution in [3.05, 3.63) is 46.9 Å². The van der Waals surface area contributed by atoms with Gasteiger partial charge < -0.3 is 9.72 Å². The van der Waals surface area contributed by atoms with Gasteiger partial charge in [0.15, 0.2) is 0 Å². The molecular weight excluding hydrogens is 352 g/mol. The van der Waals surface area contributed by atoms with E-state index >= 15 is 0 Å². The van der Waals surface area contributed by atoms with E-state index in [0.29, 0.717) is 22.7 Å². The topological polar surface area (TPSA) is 74.6 Å². The molecule has 0 atom stereocenters. The highest BCUT2D eigenvalue weighted by atomic mass is 32.1. The van der Waals surface area contributed by atoms with Crippen LogP contribution >= 0.6 is 23.6 Å². The Hall–Kier alpha value is -2.82. The molecule has 0 saturated carbocycles. The molecule has 0 saturated heterocycles. The van der Waals surface area contributed by atoms with Crippen molar-refractivity contribution in [1.82, 2.24) is 15.0 Å². The van der Waals surface area contributed by atoms with Gasteiger partial charge in [0.2, 0.25) is 5.88 Å². The van der Waals surface area contributed by atoms with Gasteiger partial charge >= 0.3 is 0 Å². The van der Waals surface area contributed by atoms with Crippen LogP contribution in [0.4, 0.5) is 0 Å². The van der Waals surface area contributed by atoms with Crippen molar-refractivity contribution in [3.8, 4) is 23.1 Å². The van der Waals surface area contributed by atoms with Crippen LogP contribution in [0, 0.1) is 16.0 Å². The highest BCUT2D eigenvalue weighted by Crippen LogP contribution is 2.42. The number of nitriles is 1. The van der Waals surface area contributed by atoms with E-state index in [1.165, 1.54) is 11.3 Å². The van der Waals surface area contributed by atoms with E-state index in [1.807, 2.05) is 37.3 Å². The van der Waals surface area contributed by atoms with Crippen LogP contribution in [-0.4, -0.2) is 21.6 Å². The maximum Gasteiger partial charge on any atom is 0.233 e. The standard InChI is InChI=1S/C18H12N4OS2/c1-2-23-16-11(8-19)12(10-6-4-3-5-7-10)13-14-15(25-18(13)22-16)17(24)21-9-20-14/h3-7,9H,2H2,1H3,(H,20,21,24). The molecule has 122 valence electrons. The van der Waals surface area contributed by atoms with E-state index in [-0.39, 0.29) is 0 Å². The van der Waals surface area contributed by atoms with Gasteiger partial charge in [-0.1, -0.05) is 42.5 Å². The fourth-order valence-corrected chi connectivity index (χ4v) is 4.16. The van der Waals surface area contributed by atoms with Crippen molar-refractivity contribution < 1.29 is 4.74 Å². The lowest BCUT2D eigenvalue weighted by Gasteiger charge is -2.11. The van der Waals surface area contributed by atoms with Crippen LogP contribution in [0.1, 0.15) is 12.5 Å². The van der Waals surface area contributed by atoms with Gasteiger partial charge in [-0.3, -0.25) is 0 Å². The number of hydrogen-bond donors (Lipinski definition) is 1. The van der Waals surface area contributed by atoms with Crippen LogP contribution in [0.5, 0.6) is 5.88 Å². The summed E-state index contributed by atoms with van der Waals surface area (Å²) in [7, 11) is 0. The van der Waals surface area contributed by atoms with Gasteiger partial charge in [0.05, 0.1) is 23.2 Å². The van der Waals surface area contributed by atoms with Gasteiger partial charge in [-0.2, -0.15) is 5.26 Å². The van der Waals surface area contributed by atoms with Crippen molar-refractivity contribution >= 4 is 44.0 Å². The van der Waals surface area contributed by atoms with Crippen LogP contribution in [-0.2, 0) is 0 Å². The molecule has 0 fully saturated rings. The van der Waals surface area contributed by atoms with E-state index in [2.05, 4.69) is 21.0 Å². The first-order valence-electron chi connectivity index (χ1n) is 7.66. The number of hydrogen-bond acceptors (Lipinski definition) is 6. The summed E-state index contributed by atoms with van der Waals surface area (Å²) in [6.45, 7) is 2.31. The quantitative estimate of drug-likeness (QED) is 0.527. The van der Waals surface area contributed by atoms with Crippen LogP contribution in [0.2, 0.25) is 0 Å². The Morgan fingerprint density at radius 2 is 2.12 bits per heavy atom. The molecular formula is C18H12N4OS2. The molecule has 5 nitrogen and oxygen atoms in total. The van der Waals surface area contributed by atoms with Crippen molar-refractivity contribution in [3.63, 3.8) is 0 Å². The summed E-state index contributed by atoms with van der Waals surface area (Å²) in [5.74, 6) is 0.349. The first-order valence-corrected chi connectivity index (χ1v) is 8.89. The molecule has 0 unspecified atom stereocenters. The number of aromatic amines is 1. The summed E-state index contributed by atoms with van der Waals surface area (Å²) in [6.07, 6.45) is 1.58. The Kier molecular flexibility index (Phi) is 3.92. The Morgan fingerprint density at radius 3 is 2.84 bits per heavy atom. The SMILES string of the molecule is CCOc1nc2sc3c(=S)nc[nH]c3c2c(-c2ccccc2)c1C#N. The monoisotopic (exact) mass is 364 g/mol. The van der Waals surface area contributed by atoms with Crippen molar-refractivity contribution in [1.29, 1.82) is 5.26 Å². The van der Waals surface area contributed by atoms with E-state index in [0.717, 1.165) is 31.6 Å². The Morgan fingerprint density at radius 1 is 1.32 bits per heavy atom. The molecule has 0 aliphatic rings. The number of aromatic nitrogens is 3. The number of nitrogens with one attached hydrogen (secondary N) is 1. The molecule has 4 aromatic rings. The second kappa shape index (κ2) is 6.24. The maximum atomic E-state index is 9.80. The molecule has 0 spiro atoms. The third-order valence-electron chi connectivity index (χ3n) is 3.85. The minimum atomic E-state index is 0.349. The zero-order chi connectivity index (χ0) is 17.4. The van der Waals surface area contributed by atoms with Crippen molar-refractivity contribution in [2.75, 3.05) is 6.61 Å². The van der Waals surface area contributed by atoms with Gasteiger partial charge in [-0.15, -0.1) is 11.3 Å². The molecule has 1 aromatic carbocycles. The third-order valence-corrected chi connectivity index (χ3v) is 5.38. The zero-order valence-electron chi connectivity index (χ0n) is 13.2. The fraction of sp³-hybridized carbons (Fsp3) is 0.111. The summed E-state index contributed by atoms with van der Waals surface area (Å²) < 4.78 is 7.02. The lowest BCUT2D eigenvalue weighted by atomic mass is 9.98. The van der Waals surface area contributed by atoms with Gasteiger partial charge in [0.1, 0.15) is 21.1 Å². The summed E-state index contributed by atoms with van der Waals surface area (Å²) in [5.41, 5.74) is 3.02. The lowest BCUT2D eigenvalue weighted by molar-refractivity contribution is 0.327. The molecule has 7 heteroatoms. The number of rotatable bonds is 3.